The fourth-order valence-electron chi connectivity index (χ4n) is 3.02. The first-order valence-corrected chi connectivity index (χ1v) is 9.09. The average Bonchev–Trinajstić information content (AvgIpc) is 2.60. The van der Waals surface area contributed by atoms with Crippen molar-refractivity contribution < 1.29 is 13.2 Å². The van der Waals surface area contributed by atoms with Crippen molar-refractivity contribution in [1.29, 1.82) is 0 Å². The highest BCUT2D eigenvalue weighted by molar-refractivity contribution is 7.89. The summed E-state index contributed by atoms with van der Waals surface area (Å²) in [5.41, 5.74) is 0. The van der Waals surface area contributed by atoms with Crippen molar-refractivity contribution in [3.8, 4) is 0 Å². The molecule has 6 nitrogen and oxygen atoms in total. The smallest absolute Gasteiger partial charge is 0.224 e. The number of likely N-dealkylation sites (tertiary alicyclic amines) is 2. The summed E-state index contributed by atoms with van der Waals surface area (Å²) in [7, 11) is -3.59. The van der Waals surface area contributed by atoms with Gasteiger partial charge in [-0.15, -0.1) is 0 Å². The second-order valence-corrected chi connectivity index (χ2v) is 7.71. The summed E-state index contributed by atoms with van der Waals surface area (Å²) in [6.07, 6.45) is 6.10. The maximum absolute atomic E-state index is 11.8. The van der Waals surface area contributed by atoms with Gasteiger partial charge in [0.2, 0.25) is 15.9 Å². The highest BCUT2D eigenvalue weighted by Gasteiger charge is 2.35. The van der Waals surface area contributed by atoms with E-state index in [4.69, 9.17) is 5.14 Å². The third kappa shape index (κ3) is 4.43. The molecule has 2 aliphatic rings. The standard InChI is InChI=1S/C13H25N3O3S/c14-20(18,19)12-10-13(17)16(11-12)9-5-8-15-6-3-1-2-4-7-15/h12H,1-11H2,(H2,14,18,19). The number of hydrogen-bond acceptors (Lipinski definition) is 4. The molecule has 0 radical (unpaired) electrons. The maximum atomic E-state index is 11.8. The molecule has 1 atom stereocenters. The topological polar surface area (TPSA) is 83.7 Å². The molecule has 2 N–H and O–H groups in total. The maximum Gasteiger partial charge on any atom is 0.224 e. The molecule has 0 saturated carbocycles. The Morgan fingerprint density at radius 1 is 1.10 bits per heavy atom. The molecule has 0 aliphatic carbocycles. The average molecular weight is 303 g/mol. The molecule has 2 saturated heterocycles. The first-order chi connectivity index (χ1) is 9.47. The molecule has 7 heteroatoms. The second-order valence-electron chi connectivity index (χ2n) is 5.86. The van der Waals surface area contributed by atoms with Crippen molar-refractivity contribution in [1.82, 2.24) is 9.80 Å². The Morgan fingerprint density at radius 2 is 1.75 bits per heavy atom. The van der Waals surface area contributed by atoms with Crippen molar-refractivity contribution in [3.05, 3.63) is 0 Å². The fourth-order valence-corrected chi connectivity index (χ4v) is 3.78. The summed E-state index contributed by atoms with van der Waals surface area (Å²) in [6, 6.07) is 0. The molecule has 2 aliphatic heterocycles. The van der Waals surface area contributed by atoms with Gasteiger partial charge < -0.3 is 9.80 Å². The minimum atomic E-state index is -3.59. The van der Waals surface area contributed by atoms with E-state index < -0.39 is 15.3 Å². The number of primary sulfonamides is 1. The molecule has 1 amide bonds. The lowest BCUT2D eigenvalue weighted by Crippen LogP contribution is -2.34. The SMILES string of the molecule is NS(=O)(=O)C1CC(=O)N(CCCN2CCCCCC2)C1. The van der Waals surface area contributed by atoms with Crippen LogP contribution in [0.4, 0.5) is 0 Å². The Bertz CT molecular complexity index is 430. The molecule has 2 heterocycles. The van der Waals surface area contributed by atoms with Crippen molar-refractivity contribution >= 4 is 15.9 Å². The van der Waals surface area contributed by atoms with Crippen molar-refractivity contribution in [3.63, 3.8) is 0 Å². The number of amides is 1. The molecule has 2 rings (SSSR count). The summed E-state index contributed by atoms with van der Waals surface area (Å²) in [4.78, 5) is 15.9. The number of carbonyl (C=O) groups excluding carboxylic acids is 1. The number of hydrogen-bond donors (Lipinski definition) is 1. The van der Waals surface area contributed by atoms with E-state index >= 15 is 0 Å². The Labute approximate surface area is 121 Å². The number of sulfonamides is 1. The van der Waals surface area contributed by atoms with E-state index in [1.807, 2.05) is 0 Å². The summed E-state index contributed by atoms with van der Waals surface area (Å²) >= 11 is 0. The summed E-state index contributed by atoms with van der Waals surface area (Å²) in [5.74, 6) is -0.0834. The summed E-state index contributed by atoms with van der Waals surface area (Å²) in [6.45, 7) is 4.18. The van der Waals surface area contributed by atoms with Gasteiger partial charge >= 0.3 is 0 Å². The molecule has 20 heavy (non-hydrogen) atoms. The Morgan fingerprint density at radius 3 is 2.30 bits per heavy atom. The summed E-state index contributed by atoms with van der Waals surface area (Å²) < 4.78 is 22.5. The minimum Gasteiger partial charge on any atom is -0.341 e. The van der Waals surface area contributed by atoms with Gasteiger partial charge in [-0.1, -0.05) is 12.8 Å². The number of carbonyl (C=O) groups is 1. The van der Waals surface area contributed by atoms with Gasteiger partial charge in [-0.05, 0) is 38.9 Å². The minimum absolute atomic E-state index is 0.0442. The Hall–Kier alpha value is -0.660. The molecule has 0 spiro atoms. The van der Waals surface area contributed by atoms with Gasteiger partial charge in [0.25, 0.3) is 0 Å². The number of nitrogens with two attached hydrogens (primary N) is 1. The van der Waals surface area contributed by atoms with E-state index in [0.717, 1.165) is 26.1 Å². The Balaban J connectivity index is 1.73. The molecular weight excluding hydrogens is 278 g/mol. The van der Waals surface area contributed by atoms with Gasteiger partial charge in [0, 0.05) is 19.5 Å². The van der Waals surface area contributed by atoms with Gasteiger partial charge in [-0.25, -0.2) is 13.6 Å². The zero-order valence-electron chi connectivity index (χ0n) is 12.0. The normalized spacial score (nSPS) is 25.9. The van der Waals surface area contributed by atoms with Gasteiger partial charge in [-0.3, -0.25) is 4.79 Å². The quantitative estimate of drug-likeness (QED) is 0.783. The van der Waals surface area contributed by atoms with Crippen molar-refractivity contribution in [2.24, 2.45) is 5.14 Å². The van der Waals surface area contributed by atoms with Crippen LogP contribution in [-0.2, 0) is 14.8 Å². The van der Waals surface area contributed by atoms with E-state index in [1.165, 1.54) is 25.7 Å². The molecule has 2 fully saturated rings. The molecule has 0 bridgehead atoms. The largest absolute Gasteiger partial charge is 0.341 e. The van der Waals surface area contributed by atoms with E-state index in [-0.39, 0.29) is 18.9 Å². The van der Waals surface area contributed by atoms with Gasteiger partial charge in [0.1, 0.15) is 5.25 Å². The van der Waals surface area contributed by atoms with Crippen LogP contribution in [0.3, 0.4) is 0 Å². The lowest BCUT2D eigenvalue weighted by Gasteiger charge is -2.22. The van der Waals surface area contributed by atoms with Crippen LogP contribution in [0.15, 0.2) is 0 Å². The van der Waals surface area contributed by atoms with E-state index in [9.17, 15) is 13.2 Å². The predicted molar refractivity (Wildman–Crippen MR) is 77.6 cm³/mol. The highest BCUT2D eigenvalue weighted by Crippen LogP contribution is 2.17. The van der Waals surface area contributed by atoms with Gasteiger partial charge in [-0.2, -0.15) is 0 Å². The van der Waals surface area contributed by atoms with Crippen LogP contribution < -0.4 is 5.14 Å². The van der Waals surface area contributed by atoms with E-state index in [1.54, 1.807) is 4.90 Å². The third-order valence-corrected chi connectivity index (χ3v) is 5.49. The van der Waals surface area contributed by atoms with E-state index in [2.05, 4.69) is 4.90 Å². The van der Waals surface area contributed by atoms with E-state index in [0.29, 0.717) is 6.54 Å². The van der Waals surface area contributed by atoms with Crippen LogP contribution in [0.5, 0.6) is 0 Å². The highest BCUT2D eigenvalue weighted by atomic mass is 32.2. The van der Waals surface area contributed by atoms with Crippen LogP contribution in [0.25, 0.3) is 0 Å². The molecule has 116 valence electrons. The third-order valence-electron chi connectivity index (χ3n) is 4.24. The van der Waals surface area contributed by atoms with Crippen LogP contribution in [0, 0.1) is 0 Å². The first-order valence-electron chi connectivity index (χ1n) is 7.48. The number of nitrogens with zero attached hydrogens (tertiary/aromatic N) is 2. The molecule has 0 aromatic rings. The molecule has 0 aromatic heterocycles. The monoisotopic (exact) mass is 303 g/mol. The lowest BCUT2D eigenvalue weighted by atomic mass is 10.2. The van der Waals surface area contributed by atoms with Gasteiger partial charge in [0.15, 0.2) is 0 Å². The summed E-state index contributed by atoms with van der Waals surface area (Å²) in [5, 5.41) is 4.40. The van der Waals surface area contributed by atoms with Crippen molar-refractivity contribution in [2.45, 2.75) is 43.8 Å². The van der Waals surface area contributed by atoms with Crippen LogP contribution in [-0.4, -0.2) is 62.1 Å². The van der Waals surface area contributed by atoms with Crippen molar-refractivity contribution in [2.75, 3.05) is 32.7 Å². The molecular formula is C13H25N3O3S. The van der Waals surface area contributed by atoms with Crippen LogP contribution in [0.2, 0.25) is 0 Å². The van der Waals surface area contributed by atoms with Crippen LogP contribution >= 0.6 is 0 Å². The predicted octanol–water partition coefficient (Wildman–Crippen LogP) is 0.142. The molecule has 0 aromatic carbocycles. The lowest BCUT2D eigenvalue weighted by molar-refractivity contribution is -0.127. The zero-order valence-corrected chi connectivity index (χ0v) is 12.8. The molecule has 1 unspecified atom stereocenters. The Kier molecular flexibility index (Phi) is 5.40. The number of rotatable bonds is 5. The first kappa shape index (κ1) is 15.7. The fraction of sp³-hybridized carbons (Fsp3) is 0.923. The zero-order chi connectivity index (χ0) is 14.6. The van der Waals surface area contributed by atoms with Gasteiger partial charge in [0.05, 0.1) is 0 Å². The second kappa shape index (κ2) is 6.87. The van der Waals surface area contributed by atoms with Crippen LogP contribution in [0.1, 0.15) is 38.5 Å².